The molecule has 11 heteroatoms. The number of amides is 1. The van der Waals surface area contributed by atoms with E-state index in [1.807, 2.05) is 6.07 Å². The fourth-order valence-electron chi connectivity index (χ4n) is 5.57. The van der Waals surface area contributed by atoms with Gasteiger partial charge in [-0.05, 0) is 75.4 Å². The van der Waals surface area contributed by atoms with Crippen LogP contribution in [0.25, 0.3) is 0 Å². The summed E-state index contributed by atoms with van der Waals surface area (Å²) in [5.41, 5.74) is 7.73. The molecule has 40 heavy (non-hydrogen) atoms. The molecule has 1 saturated heterocycles. The first-order valence-corrected chi connectivity index (χ1v) is 15.0. The number of hydrogen-bond acceptors (Lipinski definition) is 9. The van der Waals surface area contributed by atoms with Crippen molar-refractivity contribution >= 4 is 33.3 Å². The number of fused-ring (bicyclic) bond motifs is 6. The fourth-order valence-corrected chi connectivity index (χ4v) is 6.51. The Morgan fingerprint density at radius 3 is 2.52 bits per heavy atom. The normalized spacial score (nSPS) is 22.3. The smallest absolute Gasteiger partial charge is 0.281 e. The Labute approximate surface area is 235 Å². The van der Waals surface area contributed by atoms with Crippen molar-refractivity contribution in [2.75, 3.05) is 22.5 Å². The topological polar surface area (TPSA) is 143 Å². The molecule has 1 unspecified atom stereocenters. The van der Waals surface area contributed by atoms with Crippen LogP contribution in [0.1, 0.15) is 81.7 Å². The number of carbonyl (C=O) groups excluding carboxylic acids is 1. The zero-order valence-electron chi connectivity index (χ0n) is 23.6. The molecule has 0 radical (unpaired) electrons. The van der Waals surface area contributed by atoms with Crippen LogP contribution in [0.4, 0.5) is 17.3 Å². The molecule has 4 N–H and O–H groups in total. The van der Waals surface area contributed by atoms with Crippen molar-refractivity contribution in [3.8, 4) is 0 Å². The van der Waals surface area contributed by atoms with Gasteiger partial charge < -0.3 is 16.0 Å². The zero-order chi connectivity index (χ0) is 28.9. The van der Waals surface area contributed by atoms with E-state index < -0.39 is 15.9 Å². The third kappa shape index (κ3) is 5.60. The molecular weight excluding hydrogens is 526 g/mol. The van der Waals surface area contributed by atoms with E-state index in [1.165, 1.54) is 6.07 Å². The van der Waals surface area contributed by atoms with E-state index in [9.17, 15) is 13.2 Å². The van der Waals surface area contributed by atoms with E-state index in [0.717, 1.165) is 30.7 Å². The van der Waals surface area contributed by atoms with Crippen LogP contribution < -0.4 is 20.7 Å². The number of nitrogens with zero attached hydrogens (tertiary/aromatic N) is 4. The van der Waals surface area contributed by atoms with E-state index in [1.54, 1.807) is 36.5 Å². The second kappa shape index (κ2) is 10.0. The first kappa shape index (κ1) is 27.8. The molecule has 10 nitrogen and oxygen atoms in total. The highest BCUT2D eigenvalue weighted by Crippen LogP contribution is 2.41. The number of anilines is 3. The Balaban J connectivity index is 1.62. The SMILES string of the molecule is CC(C)(C)c1ccc2c(n1)N1C[C@@H](CCC(c3ccc(N)cn3)Nc3cccc(n3)S(=O)(=O)NC2=O)CC1(C)C. The summed E-state index contributed by atoms with van der Waals surface area (Å²) in [6, 6.07) is 11.6. The highest BCUT2D eigenvalue weighted by Gasteiger charge is 2.41. The Bertz CT molecular complexity index is 1530. The summed E-state index contributed by atoms with van der Waals surface area (Å²) >= 11 is 0. The first-order valence-electron chi connectivity index (χ1n) is 13.5. The number of nitrogens with two attached hydrogens (primary N) is 1. The van der Waals surface area contributed by atoms with E-state index >= 15 is 0 Å². The molecule has 212 valence electrons. The number of hydrogen-bond donors (Lipinski definition) is 3. The molecule has 3 aromatic rings. The maximum Gasteiger partial charge on any atom is 0.281 e. The number of aromatic nitrogens is 3. The van der Waals surface area contributed by atoms with E-state index in [0.29, 0.717) is 29.8 Å². The van der Waals surface area contributed by atoms with E-state index in [-0.39, 0.29) is 27.6 Å². The average Bonchev–Trinajstić information content (AvgIpc) is 3.19. The van der Waals surface area contributed by atoms with Crippen molar-refractivity contribution < 1.29 is 13.2 Å². The number of rotatable bonds is 1. The monoisotopic (exact) mass is 563 g/mol. The quantitative estimate of drug-likeness (QED) is 0.392. The summed E-state index contributed by atoms with van der Waals surface area (Å²) in [6.45, 7) is 11.2. The van der Waals surface area contributed by atoms with Gasteiger partial charge in [0.25, 0.3) is 15.9 Å². The lowest BCUT2D eigenvalue weighted by molar-refractivity contribution is 0.0981. The maximum atomic E-state index is 13.5. The molecule has 4 bridgehead atoms. The lowest BCUT2D eigenvalue weighted by Crippen LogP contribution is -2.41. The summed E-state index contributed by atoms with van der Waals surface area (Å²) in [5, 5.41) is 3.12. The predicted molar refractivity (Wildman–Crippen MR) is 156 cm³/mol. The highest BCUT2D eigenvalue weighted by molar-refractivity contribution is 7.90. The van der Waals surface area contributed by atoms with Crippen molar-refractivity contribution in [2.24, 2.45) is 5.92 Å². The van der Waals surface area contributed by atoms with Gasteiger partial charge in [0.1, 0.15) is 11.6 Å². The largest absolute Gasteiger partial charge is 0.397 e. The van der Waals surface area contributed by atoms with Crippen LogP contribution in [0.5, 0.6) is 0 Å². The summed E-state index contributed by atoms with van der Waals surface area (Å²) in [6.07, 6.45) is 4.13. The molecule has 1 fully saturated rings. The summed E-state index contributed by atoms with van der Waals surface area (Å²) < 4.78 is 28.9. The predicted octanol–water partition coefficient (Wildman–Crippen LogP) is 4.42. The van der Waals surface area contributed by atoms with Gasteiger partial charge in [-0.2, -0.15) is 8.42 Å². The van der Waals surface area contributed by atoms with Gasteiger partial charge in [0.05, 0.1) is 29.2 Å². The minimum atomic E-state index is -4.27. The van der Waals surface area contributed by atoms with Crippen LogP contribution in [-0.2, 0) is 15.4 Å². The van der Waals surface area contributed by atoms with Crippen LogP contribution in [0.3, 0.4) is 0 Å². The van der Waals surface area contributed by atoms with Gasteiger partial charge in [0.2, 0.25) is 0 Å². The molecule has 5 rings (SSSR count). The molecule has 2 aliphatic rings. The second-order valence-corrected chi connectivity index (χ2v) is 14.0. The molecule has 0 aromatic carbocycles. The van der Waals surface area contributed by atoms with E-state index in [4.69, 9.17) is 10.7 Å². The van der Waals surface area contributed by atoms with Gasteiger partial charge in [-0.1, -0.05) is 26.8 Å². The number of sulfonamides is 1. The van der Waals surface area contributed by atoms with Crippen molar-refractivity contribution in [3.05, 3.63) is 65.6 Å². The van der Waals surface area contributed by atoms with Gasteiger partial charge in [0, 0.05) is 23.2 Å². The standard InChI is InChI=1S/C29H37N7O3S/c1-28(2,3)23-14-11-20-26(33-23)36-17-18(15-29(36,4)5)9-12-22(21-13-10-19(30)16-31-21)32-24-7-6-8-25(34-24)40(38,39)35-27(20)37/h6-8,10-11,13-14,16,18,22H,9,12,15,17,30H2,1-5H3,(H,32,34)(H,35,37)/t18-,22?/m0/s1. The average molecular weight is 564 g/mol. The molecule has 5 heterocycles. The van der Waals surface area contributed by atoms with Crippen molar-refractivity contribution in [1.82, 2.24) is 19.7 Å². The number of pyridine rings is 3. The third-order valence-corrected chi connectivity index (χ3v) is 8.91. The van der Waals surface area contributed by atoms with Gasteiger partial charge >= 0.3 is 0 Å². The Morgan fingerprint density at radius 2 is 1.82 bits per heavy atom. The lowest BCUT2D eigenvalue weighted by atomic mass is 9.90. The molecule has 3 aromatic heterocycles. The summed E-state index contributed by atoms with van der Waals surface area (Å²) in [5.74, 6) is 0.455. The maximum absolute atomic E-state index is 13.5. The highest BCUT2D eigenvalue weighted by atomic mass is 32.2. The minimum Gasteiger partial charge on any atom is -0.397 e. The van der Waals surface area contributed by atoms with Crippen molar-refractivity contribution in [2.45, 2.75) is 75.9 Å². The Morgan fingerprint density at radius 1 is 1.05 bits per heavy atom. The van der Waals surface area contributed by atoms with Gasteiger partial charge in [-0.3, -0.25) is 9.78 Å². The fraction of sp³-hybridized carbons (Fsp3) is 0.448. The van der Waals surface area contributed by atoms with Gasteiger partial charge in [0.15, 0.2) is 5.03 Å². The van der Waals surface area contributed by atoms with Crippen LogP contribution in [0.2, 0.25) is 0 Å². The van der Waals surface area contributed by atoms with Crippen LogP contribution >= 0.6 is 0 Å². The lowest BCUT2D eigenvalue weighted by Gasteiger charge is -2.34. The molecule has 0 saturated carbocycles. The van der Waals surface area contributed by atoms with Crippen LogP contribution in [-0.4, -0.2) is 41.4 Å². The second-order valence-electron chi connectivity index (χ2n) is 12.4. The van der Waals surface area contributed by atoms with E-state index in [2.05, 4.69) is 59.5 Å². The van der Waals surface area contributed by atoms with Crippen LogP contribution in [0, 0.1) is 5.92 Å². The van der Waals surface area contributed by atoms with Crippen LogP contribution in [0.15, 0.2) is 53.7 Å². The molecule has 0 aliphatic carbocycles. The molecular formula is C29H37N7O3S. The van der Waals surface area contributed by atoms with Gasteiger partial charge in [-0.15, -0.1) is 0 Å². The number of carbonyl (C=O) groups is 1. The number of nitrogens with one attached hydrogen (secondary N) is 2. The summed E-state index contributed by atoms with van der Waals surface area (Å²) in [7, 11) is -4.27. The first-order chi connectivity index (χ1) is 18.7. The molecule has 0 spiro atoms. The molecule has 2 aliphatic heterocycles. The van der Waals surface area contributed by atoms with Gasteiger partial charge in [-0.25, -0.2) is 14.7 Å². The summed E-state index contributed by atoms with van der Waals surface area (Å²) in [4.78, 5) is 29.6. The Hall–Kier alpha value is -3.73. The Kier molecular flexibility index (Phi) is 6.98. The third-order valence-electron chi connectivity index (χ3n) is 7.68. The molecule has 2 atom stereocenters. The minimum absolute atomic E-state index is 0.221. The molecule has 1 amide bonds. The van der Waals surface area contributed by atoms with Crippen molar-refractivity contribution in [3.63, 3.8) is 0 Å². The van der Waals surface area contributed by atoms with Crippen molar-refractivity contribution in [1.29, 1.82) is 0 Å². The number of nitrogen functional groups attached to an aromatic ring is 1. The zero-order valence-corrected chi connectivity index (χ0v) is 24.4.